The zero-order valence-electron chi connectivity index (χ0n) is 18.0. The van der Waals surface area contributed by atoms with E-state index in [4.69, 9.17) is 30.2 Å². The number of hydrogen-bond donors (Lipinski definition) is 8. The molecule has 0 bridgehead atoms. The summed E-state index contributed by atoms with van der Waals surface area (Å²) < 4.78 is 23.9. The van der Waals surface area contributed by atoms with Crippen LogP contribution in [-0.4, -0.2) is 181 Å². The van der Waals surface area contributed by atoms with Gasteiger partial charge < -0.3 is 49.9 Å². The van der Waals surface area contributed by atoms with Gasteiger partial charge in [0.25, 0.3) is 0 Å². The van der Waals surface area contributed by atoms with Crippen LogP contribution in [0.4, 0.5) is 0 Å². The summed E-state index contributed by atoms with van der Waals surface area (Å²) in [6.07, 6.45) is -11.4. The SMILES string of the molecule is O=C(O)CC(CC(=O)O)(OC(=O)CC(OP(=O)(O)O)C(=O)OC(CC(=O)O)(CC(=O)O)C(=O)O)C(=O)O.[CaH2].[CaH2]. The van der Waals surface area contributed by atoms with Gasteiger partial charge in [0.2, 0.25) is 11.2 Å². The molecule has 23 heteroatoms. The van der Waals surface area contributed by atoms with Crippen molar-refractivity contribution in [1.29, 1.82) is 0 Å². The van der Waals surface area contributed by atoms with Gasteiger partial charge in [-0.3, -0.25) is 28.5 Å². The number of carboxylic acids is 6. The van der Waals surface area contributed by atoms with Gasteiger partial charge in [-0.25, -0.2) is 18.9 Å². The molecule has 8 N–H and O–H groups in total. The second kappa shape index (κ2) is 17.3. The standard InChI is InChI=1S/C16H19O20P.2Ca.4H/c17-7(18)2-15(13(27)28,3-8(19)20)34-11(25)1-6(36-37(31,32)33)12(26)35-16(14(29)30,4-9(21)22)5-10(23)24;;;;;;/h6H,1-5H2,(H,17,18)(H,19,20)(H,21,22)(H,23,24)(H,27,28)(H,29,30)(H2,31,32,33);;;;;;. The average Bonchev–Trinajstić information content (AvgIpc) is 2.63. The van der Waals surface area contributed by atoms with Crippen LogP contribution in [0.25, 0.3) is 0 Å². The van der Waals surface area contributed by atoms with Crippen molar-refractivity contribution < 1.29 is 97.3 Å². The Morgan fingerprint density at radius 3 is 1.18 bits per heavy atom. The van der Waals surface area contributed by atoms with E-state index >= 15 is 0 Å². The summed E-state index contributed by atoms with van der Waals surface area (Å²) in [5.41, 5.74) is -6.70. The third-order valence-electron chi connectivity index (χ3n) is 4.01. The molecule has 1 atom stereocenters. The molecule has 0 aliphatic heterocycles. The molecule has 0 fully saturated rings. The average molecular weight is 646 g/mol. The predicted molar refractivity (Wildman–Crippen MR) is 121 cm³/mol. The summed E-state index contributed by atoms with van der Waals surface area (Å²) in [5, 5.41) is 54.1. The maximum atomic E-state index is 12.4. The number of rotatable bonds is 17. The van der Waals surface area contributed by atoms with E-state index in [0.29, 0.717) is 0 Å². The van der Waals surface area contributed by atoms with Crippen LogP contribution in [0.1, 0.15) is 32.1 Å². The van der Waals surface area contributed by atoms with Crippen molar-refractivity contribution in [2.24, 2.45) is 0 Å². The molecule has 0 aliphatic rings. The first kappa shape index (κ1) is 41.9. The van der Waals surface area contributed by atoms with Gasteiger partial charge in [0.1, 0.15) is 0 Å². The Balaban J connectivity index is -0.00000648. The molecule has 1 unspecified atom stereocenters. The fourth-order valence-corrected chi connectivity index (χ4v) is 3.13. The van der Waals surface area contributed by atoms with Gasteiger partial charge in [-0.05, 0) is 0 Å². The minimum absolute atomic E-state index is 0. The maximum absolute atomic E-state index is 12.4. The van der Waals surface area contributed by atoms with Crippen molar-refractivity contribution in [3.05, 3.63) is 0 Å². The van der Waals surface area contributed by atoms with Crippen LogP contribution in [-0.2, 0) is 56.9 Å². The number of esters is 2. The molecule has 0 heterocycles. The van der Waals surface area contributed by atoms with Crippen LogP contribution in [0.15, 0.2) is 0 Å². The molecular weight excluding hydrogens is 623 g/mol. The topological polar surface area (TPSA) is 343 Å². The summed E-state index contributed by atoms with van der Waals surface area (Å²) in [6, 6.07) is 0. The molecule has 0 spiro atoms. The van der Waals surface area contributed by atoms with Crippen LogP contribution < -0.4 is 0 Å². The van der Waals surface area contributed by atoms with Crippen molar-refractivity contribution in [1.82, 2.24) is 0 Å². The summed E-state index contributed by atoms with van der Waals surface area (Å²) >= 11 is 0. The van der Waals surface area contributed by atoms with Gasteiger partial charge in [-0.2, -0.15) is 0 Å². The summed E-state index contributed by atoms with van der Waals surface area (Å²) in [5.74, 6) is -16.9. The number of aliphatic carboxylic acids is 6. The van der Waals surface area contributed by atoms with E-state index < -0.39 is 105 Å². The molecule has 216 valence electrons. The first-order valence-electron chi connectivity index (χ1n) is 9.17. The number of hydrogen-bond acceptors (Lipinski definition) is 12. The van der Waals surface area contributed by atoms with Crippen molar-refractivity contribution in [3.63, 3.8) is 0 Å². The van der Waals surface area contributed by atoms with E-state index in [1.807, 2.05) is 0 Å². The second-order valence-corrected chi connectivity index (χ2v) is 8.26. The Morgan fingerprint density at radius 1 is 0.615 bits per heavy atom. The quantitative estimate of drug-likeness (QED) is 0.0420. The first-order valence-corrected chi connectivity index (χ1v) is 10.7. The van der Waals surface area contributed by atoms with Gasteiger partial charge in [-0.15, -0.1) is 0 Å². The van der Waals surface area contributed by atoms with E-state index in [0.717, 1.165) is 0 Å². The van der Waals surface area contributed by atoms with Gasteiger partial charge in [0.15, 0.2) is 6.10 Å². The van der Waals surface area contributed by atoms with Crippen LogP contribution >= 0.6 is 7.82 Å². The van der Waals surface area contributed by atoms with Crippen LogP contribution in [0.5, 0.6) is 0 Å². The minimum atomic E-state index is -5.78. The molecule has 0 aromatic rings. The Bertz CT molecular complexity index is 1000. The molecule has 0 amide bonds. The number of carbonyl (C=O) groups excluding carboxylic acids is 2. The van der Waals surface area contributed by atoms with E-state index in [9.17, 15) is 53.1 Å². The molecule has 0 aromatic heterocycles. The fraction of sp³-hybridized carbons (Fsp3) is 0.500. The van der Waals surface area contributed by atoms with Gasteiger partial charge in [-0.1, -0.05) is 0 Å². The van der Waals surface area contributed by atoms with E-state index in [1.165, 1.54) is 0 Å². The number of phosphoric ester groups is 1. The summed E-state index contributed by atoms with van der Waals surface area (Å²) in [4.78, 5) is 110. The molecule has 0 radical (unpaired) electrons. The van der Waals surface area contributed by atoms with Crippen molar-refractivity contribution in [2.75, 3.05) is 0 Å². The predicted octanol–water partition coefficient (Wildman–Crippen LogP) is -4.35. The van der Waals surface area contributed by atoms with Gasteiger partial charge in [0, 0.05) is 0 Å². The Labute approximate surface area is 275 Å². The van der Waals surface area contributed by atoms with E-state index in [1.54, 1.807) is 0 Å². The van der Waals surface area contributed by atoms with Gasteiger partial charge >= 0.3 is 131 Å². The molecule has 39 heavy (non-hydrogen) atoms. The van der Waals surface area contributed by atoms with Crippen molar-refractivity contribution in [3.8, 4) is 0 Å². The van der Waals surface area contributed by atoms with Crippen LogP contribution in [0, 0.1) is 0 Å². The monoisotopic (exact) mass is 646 g/mol. The Hall–Kier alpha value is -1.61. The van der Waals surface area contributed by atoms with Crippen molar-refractivity contribution in [2.45, 2.75) is 49.4 Å². The molecule has 20 nitrogen and oxygen atoms in total. The normalized spacial score (nSPS) is 11.9. The van der Waals surface area contributed by atoms with E-state index in [-0.39, 0.29) is 75.5 Å². The molecule has 0 rings (SSSR count). The zero-order chi connectivity index (χ0) is 29.4. The number of phosphoric acid groups is 1. The van der Waals surface area contributed by atoms with Crippen molar-refractivity contribution >= 4 is 131 Å². The molecule has 0 saturated heterocycles. The second-order valence-electron chi connectivity index (χ2n) is 7.06. The molecule has 0 saturated carbocycles. The summed E-state index contributed by atoms with van der Waals surface area (Å²) in [7, 11) is -5.78. The Kier molecular flexibility index (Phi) is 18.5. The fourth-order valence-electron chi connectivity index (χ4n) is 2.63. The number of ether oxygens (including phenoxy) is 2. The third-order valence-corrected chi connectivity index (χ3v) is 4.54. The number of carboxylic acid groups (broad SMARTS) is 6. The molecule has 0 aliphatic carbocycles. The first-order chi connectivity index (χ1) is 16.6. The third kappa shape index (κ3) is 15.1. The van der Waals surface area contributed by atoms with Crippen LogP contribution in [0.3, 0.4) is 0 Å². The molecule has 0 aromatic carbocycles. The molecular formula is C16H23Ca2O20P. The van der Waals surface area contributed by atoms with E-state index in [2.05, 4.69) is 14.0 Å². The number of carbonyl (C=O) groups is 8. The van der Waals surface area contributed by atoms with Crippen LogP contribution in [0.2, 0.25) is 0 Å². The summed E-state index contributed by atoms with van der Waals surface area (Å²) in [6.45, 7) is 0. The zero-order valence-corrected chi connectivity index (χ0v) is 18.9. The van der Waals surface area contributed by atoms with Gasteiger partial charge in [0.05, 0.1) is 32.1 Å². The Morgan fingerprint density at radius 2 is 0.923 bits per heavy atom.